The number of hydrogen-bond donors (Lipinski definition) is 2. The molecule has 2 rings (SSSR count). The molecule has 0 saturated carbocycles. The first-order valence-electron chi connectivity index (χ1n) is 6.26. The highest BCUT2D eigenvalue weighted by atomic mass is 19.1. The van der Waals surface area contributed by atoms with Crippen molar-refractivity contribution >= 4 is 17.3 Å². The van der Waals surface area contributed by atoms with Gasteiger partial charge in [-0.25, -0.2) is 4.39 Å². The summed E-state index contributed by atoms with van der Waals surface area (Å²) in [6, 6.07) is 2.64. The van der Waals surface area contributed by atoms with E-state index in [0.29, 0.717) is 5.69 Å². The number of anilines is 2. The van der Waals surface area contributed by atoms with Crippen LogP contribution in [0.2, 0.25) is 0 Å². The molecule has 0 spiro atoms. The number of benzene rings is 1. The van der Waals surface area contributed by atoms with Crippen molar-refractivity contribution < 1.29 is 13.9 Å². The average molecular weight is 267 g/mol. The quantitative estimate of drug-likeness (QED) is 0.810. The van der Waals surface area contributed by atoms with Crippen molar-refractivity contribution in [3.63, 3.8) is 0 Å². The van der Waals surface area contributed by atoms with Crippen LogP contribution in [0.3, 0.4) is 0 Å². The van der Waals surface area contributed by atoms with E-state index in [0.717, 1.165) is 25.9 Å². The number of nitrogens with zero attached hydrogens (tertiary/aromatic N) is 1. The van der Waals surface area contributed by atoms with Gasteiger partial charge in [0, 0.05) is 25.2 Å². The Labute approximate surface area is 111 Å². The number of nitrogens with two attached hydrogens (primary N) is 1. The van der Waals surface area contributed by atoms with E-state index in [1.54, 1.807) is 0 Å². The number of methoxy groups -OCH3 is 1. The number of nitrogens with one attached hydrogen (secondary N) is 1. The lowest BCUT2D eigenvalue weighted by Crippen LogP contribution is -2.33. The fourth-order valence-electron chi connectivity index (χ4n) is 2.13. The summed E-state index contributed by atoms with van der Waals surface area (Å²) in [5.74, 6) is -0.387. The normalized spacial score (nSPS) is 14.5. The van der Waals surface area contributed by atoms with Gasteiger partial charge in [-0.2, -0.15) is 0 Å². The van der Waals surface area contributed by atoms with Gasteiger partial charge in [0.25, 0.3) is 0 Å². The SMILES string of the molecule is COc1cc(NCC(=O)N2CCCC2)c(N)cc1F. The highest BCUT2D eigenvalue weighted by Crippen LogP contribution is 2.27. The van der Waals surface area contributed by atoms with E-state index in [4.69, 9.17) is 10.5 Å². The van der Waals surface area contributed by atoms with Crippen LogP contribution in [0.25, 0.3) is 0 Å². The number of rotatable bonds is 4. The minimum atomic E-state index is -0.517. The van der Waals surface area contributed by atoms with Crippen molar-refractivity contribution in [1.29, 1.82) is 0 Å². The monoisotopic (exact) mass is 267 g/mol. The molecule has 3 N–H and O–H groups in total. The molecule has 1 aliphatic heterocycles. The largest absolute Gasteiger partial charge is 0.494 e. The lowest BCUT2D eigenvalue weighted by atomic mass is 10.2. The molecule has 0 aromatic heterocycles. The van der Waals surface area contributed by atoms with Gasteiger partial charge in [-0.3, -0.25) is 4.79 Å². The number of ether oxygens (including phenoxy) is 1. The van der Waals surface area contributed by atoms with Crippen LogP contribution in [0.15, 0.2) is 12.1 Å². The standard InChI is InChI=1S/C13H18FN3O2/c1-19-12-7-11(10(15)6-9(12)14)16-8-13(18)17-4-2-3-5-17/h6-7,16H,2-5,8,15H2,1H3. The predicted octanol–water partition coefficient (Wildman–Crippen LogP) is 1.45. The highest BCUT2D eigenvalue weighted by molar-refractivity contribution is 5.82. The van der Waals surface area contributed by atoms with Crippen LogP contribution >= 0.6 is 0 Å². The Morgan fingerprint density at radius 1 is 1.47 bits per heavy atom. The van der Waals surface area contributed by atoms with Gasteiger partial charge in [0.2, 0.25) is 5.91 Å². The Balaban J connectivity index is 2.00. The van der Waals surface area contributed by atoms with Gasteiger partial charge in [0.1, 0.15) is 0 Å². The number of halogens is 1. The lowest BCUT2D eigenvalue weighted by molar-refractivity contribution is -0.128. The van der Waals surface area contributed by atoms with Gasteiger partial charge in [0.05, 0.1) is 25.0 Å². The maximum Gasteiger partial charge on any atom is 0.241 e. The topological polar surface area (TPSA) is 67.6 Å². The molecular formula is C13H18FN3O2. The molecule has 0 radical (unpaired) electrons. The zero-order valence-electron chi connectivity index (χ0n) is 10.9. The molecule has 1 aromatic rings. The van der Waals surface area contributed by atoms with E-state index in [9.17, 15) is 9.18 Å². The molecular weight excluding hydrogens is 249 g/mol. The second-order valence-corrected chi connectivity index (χ2v) is 4.52. The number of likely N-dealkylation sites (tertiary alicyclic amines) is 1. The second-order valence-electron chi connectivity index (χ2n) is 4.52. The summed E-state index contributed by atoms with van der Waals surface area (Å²) in [6.45, 7) is 1.77. The third kappa shape index (κ3) is 3.07. The van der Waals surface area contributed by atoms with Gasteiger partial charge in [-0.15, -0.1) is 0 Å². The molecule has 104 valence electrons. The summed E-state index contributed by atoms with van der Waals surface area (Å²) in [7, 11) is 1.38. The summed E-state index contributed by atoms with van der Waals surface area (Å²) in [5.41, 5.74) is 6.46. The van der Waals surface area contributed by atoms with Gasteiger partial charge < -0.3 is 20.7 Å². The van der Waals surface area contributed by atoms with E-state index in [2.05, 4.69) is 5.32 Å². The maximum atomic E-state index is 13.4. The summed E-state index contributed by atoms with van der Waals surface area (Å²) in [4.78, 5) is 13.7. The Hall–Kier alpha value is -1.98. The molecule has 1 amide bonds. The highest BCUT2D eigenvalue weighted by Gasteiger charge is 2.18. The fourth-order valence-corrected chi connectivity index (χ4v) is 2.13. The van der Waals surface area contributed by atoms with Crippen LogP contribution in [0.4, 0.5) is 15.8 Å². The number of nitrogen functional groups attached to an aromatic ring is 1. The first-order chi connectivity index (χ1) is 9.11. The van der Waals surface area contributed by atoms with Crippen LogP contribution < -0.4 is 15.8 Å². The zero-order valence-corrected chi connectivity index (χ0v) is 10.9. The first-order valence-corrected chi connectivity index (χ1v) is 6.26. The van der Waals surface area contributed by atoms with Crippen molar-refractivity contribution in [2.45, 2.75) is 12.8 Å². The van der Waals surface area contributed by atoms with Crippen molar-refractivity contribution in [3.8, 4) is 5.75 Å². The summed E-state index contributed by atoms with van der Waals surface area (Å²) in [5, 5.41) is 2.93. The minimum absolute atomic E-state index is 0.0280. The first kappa shape index (κ1) is 13.5. The third-order valence-corrected chi connectivity index (χ3v) is 3.21. The summed E-state index contributed by atoms with van der Waals surface area (Å²) in [6.07, 6.45) is 2.11. The number of amides is 1. The maximum absolute atomic E-state index is 13.4. The molecule has 5 nitrogen and oxygen atoms in total. The second kappa shape index (κ2) is 5.77. The molecule has 1 aromatic carbocycles. The molecule has 1 heterocycles. The summed E-state index contributed by atoms with van der Waals surface area (Å²) < 4.78 is 18.2. The molecule has 0 aliphatic carbocycles. The Morgan fingerprint density at radius 3 is 2.79 bits per heavy atom. The number of hydrogen-bond acceptors (Lipinski definition) is 4. The predicted molar refractivity (Wildman–Crippen MR) is 71.7 cm³/mol. The van der Waals surface area contributed by atoms with Gasteiger partial charge >= 0.3 is 0 Å². The molecule has 1 fully saturated rings. The third-order valence-electron chi connectivity index (χ3n) is 3.21. The smallest absolute Gasteiger partial charge is 0.241 e. The number of carbonyl (C=O) groups is 1. The molecule has 0 atom stereocenters. The van der Waals surface area contributed by atoms with Crippen molar-refractivity contribution in [1.82, 2.24) is 4.90 Å². The van der Waals surface area contributed by atoms with Crippen LogP contribution in [-0.4, -0.2) is 37.6 Å². The van der Waals surface area contributed by atoms with Gasteiger partial charge in [-0.1, -0.05) is 0 Å². The number of carbonyl (C=O) groups excluding carboxylic acids is 1. The van der Waals surface area contributed by atoms with Crippen molar-refractivity contribution in [3.05, 3.63) is 17.9 Å². The van der Waals surface area contributed by atoms with Crippen LogP contribution in [0.5, 0.6) is 5.75 Å². The van der Waals surface area contributed by atoms with Gasteiger partial charge in [0.15, 0.2) is 11.6 Å². The molecule has 6 heteroatoms. The molecule has 1 saturated heterocycles. The molecule has 0 bridgehead atoms. The minimum Gasteiger partial charge on any atom is -0.494 e. The Kier molecular flexibility index (Phi) is 4.09. The van der Waals surface area contributed by atoms with E-state index in [-0.39, 0.29) is 23.9 Å². The average Bonchev–Trinajstić information content (AvgIpc) is 2.91. The van der Waals surface area contributed by atoms with Crippen molar-refractivity contribution in [2.24, 2.45) is 0 Å². The Morgan fingerprint density at radius 2 is 2.16 bits per heavy atom. The van der Waals surface area contributed by atoms with E-state index < -0.39 is 5.82 Å². The zero-order chi connectivity index (χ0) is 13.8. The fraction of sp³-hybridized carbons (Fsp3) is 0.462. The van der Waals surface area contributed by atoms with Crippen LogP contribution in [-0.2, 0) is 4.79 Å². The molecule has 1 aliphatic rings. The van der Waals surface area contributed by atoms with Gasteiger partial charge in [-0.05, 0) is 12.8 Å². The summed E-state index contributed by atoms with van der Waals surface area (Å²) >= 11 is 0. The van der Waals surface area contributed by atoms with E-state index >= 15 is 0 Å². The van der Waals surface area contributed by atoms with E-state index in [1.807, 2.05) is 4.90 Å². The Bertz CT molecular complexity index is 473. The van der Waals surface area contributed by atoms with Crippen LogP contribution in [0.1, 0.15) is 12.8 Å². The van der Waals surface area contributed by atoms with Crippen molar-refractivity contribution in [2.75, 3.05) is 37.8 Å². The van der Waals surface area contributed by atoms with E-state index in [1.165, 1.54) is 19.2 Å². The lowest BCUT2D eigenvalue weighted by Gasteiger charge is -2.17. The van der Waals surface area contributed by atoms with Crippen LogP contribution in [0, 0.1) is 5.82 Å². The molecule has 0 unspecified atom stereocenters. The molecule has 19 heavy (non-hydrogen) atoms.